The molecule has 0 amide bonds. The molecule has 1 aliphatic rings. The fourth-order valence-corrected chi connectivity index (χ4v) is 4.07. The number of ether oxygens (including phenoxy) is 2. The molecule has 1 aliphatic carbocycles. The molecule has 0 bridgehead atoms. The highest BCUT2D eigenvalue weighted by molar-refractivity contribution is 7.10. The summed E-state index contributed by atoms with van der Waals surface area (Å²) < 4.78 is 9.46. The Morgan fingerprint density at radius 2 is 1.80 bits per heavy atom. The quantitative estimate of drug-likeness (QED) is 0.847. The predicted molar refractivity (Wildman–Crippen MR) is 90.5 cm³/mol. The number of hydrogen-bond donors (Lipinski definition) is 1. The van der Waals surface area contributed by atoms with Crippen LogP contribution in [0.25, 0.3) is 0 Å². The summed E-state index contributed by atoms with van der Waals surface area (Å²) >= 11 is 1.53. The van der Waals surface area contributed by atoms with Crippen LogP contribution in [0.2, 0.25) is 0 Å². The van der Waals surface area contributed by atoms with E-state index in [9.17, 15) is 19.5 Å². The van der Waals surface area contributed by atoms with Crippen molar-refractivity contribution in [2.24, 2.45) is 0 Å². The van der Waals surface area contributed by atoms with E-state index in [0.717, 1.165) is 12.0 Å². The summed E-state index contributed by atoms with van der Waals surface area (Å²) in [6, 6.07) is 4.56. The molecule has 0 radical (unpaired) electrons. The van der Waals surface area contributed by atoms with Crippen LogP contribution >= 0.6 is 11.3 Å². The van der Waals surface area contributed by atoms with E-state index in [4.69, 9.17) is 4.74 Å². The van der Waals surface area contributed by atoms with Gasteiger partial charge in [0.2, 0.25) is 0 Å². The molecule has 0 fully saturated rings. The van der Waals surface area contributed by atoms with Crippen molar-refractivity contribution in [3.8, 4) is 5.75 Å². The van der Waals surface area contributed by atoms with Crippen LogP contribution in [-0.4, -0.2) is 37.0 Å². The lowest BCUT2D eigenvalue weighted by atomic mass is 9.79. The minimum absolute atomic E-state index is 0.103. The van der Waals surface area contributed by atoms with Gasteiger partial charge in [0.1, 0.15) is 11.3 Å². The van der Waals surface area contributed by atoms with E-state index in [1.807, 2.05) is 5.38 Å². The lowest BCUT2D eigenvalue weighted by Gasteiger charge is -2.24. The third-order valence-corrected chi connectivity index (χ3v) is 5.34. The number of phenolic OH excluding ortho intramolecular Hbond substituents is 1. The average Bonchev–Trinajstić information content (AvgIpc) is 3.10. The Kier molecular flexibility index (Phi) is 4.59. The van der Waals surface area contributed by atoms with Gasteiger partial charge >= 0.3 is 11.9 Å². The van der Waals surface area contributed by atoms with Crippen molar-refractivity contribution in [1.29, 1.82) is 0 Å². The minimum atomic E-state index is -0.862. The molecule has 0 spiro atoms. The maximum Gasteiger partial charge on any atom is 0.342 e. The number of fused-ring (bicyclic) bond motifs is 1. The molecule has 0 aliphatic heterocycles. The van der Waals surface area contributed by atoms with E-state index in [1.54, 1.807) is 6.07 Å². The first-order valence-electron chi connectivity index (χ1n) is 7.62. The first-order chi connectivity index (χ1) is 12.0. The molecule has 1 atom stereocenters. The largest absolute Gasteiger partial charge is 0.507 e. The molecule has 130 valence electrons. The lowest BCUT2D eigenvalue weighted by molar-refractivity contribution is 0.0550. The second-order valence-corrected chi connectivity index (χ2v) is 6.62. The zero-order chi connectivity index (χ0) is 18.1. The number of Topliss-reactive ketones (excluding diaryl/α,β-unsaturated/α-hetero) is 1. The normalized spacial score (nSPS) is 16.2. The third kappa shape index (κ3) is 2.80. The number of aromatic hydroxyl groups is 1. The monoisotopic (exact) mass is 360 g/mol. The van der Waals surface area contributed by atoms with Crippen molar-refractivity contribution >= 4 is 29.1 Å². The van der Waals surface area contributed by atoms with Crippen LogP contribution in [0.1, 0.15) is 53.9 Å². The van der Waals surface area contributed by atoms with Gasteiger partial charge in [-0.25, -0.2) is 9.59 Å². The number of thiophene rings is 1. The van der Waals surface area contributed by atoms with Crippen LogP contribution in [0, 0.1) is 0 Å². The topological polar surface area (TPSA) is 89.9 Å². The predicted octanol–water partition coefficient (Wildman–Crippen LogP) is 2.94. The lowest BCUT2D eigenvalue weighted by Crippen LogP contribution is -2.24. The van der Waals surface area contributed by atoms with Gasteiger partial charge in [-0.1, -0.05) is 6.07 Å². The van der Waals surface area contributed by atoms with E-state index in [0.29, 0.717) is 24.0 Å². The molecule has 7 heteroatoms. The molecule has 3 rings (SSSR count). The van der Waals surface area contributed by atoms with Gasteiger partial charge in [-0.3, -0.25) is 4.79 Å². The molecule has 1 aromatic carbocycles. The molecular formula is C18H16O6S. The van der Waals surface area contributed by atoms with Crippen LogP contribution in [0.5, 0.6) is 5.75 Å². The van der Waals surface area contributed by atoms with Gasteiger partial charge in [-0.2, -0.15) is 0 Å². The van der Waals surface area contributed by atoms with Crippen molar-refractivity contribution < 1.29 is 29.0 Å². The number of esters is 2. The summed E-state index contributed by atoms with van der Waals surface area (Å²) in [6.45, 7) is 0. The SMILES string of the molecule is COC(=O)c1c(O)ccc(C2CCc3sccc3C2=O)c1C(=O)OC. The molecule has 0 saturated heterocycles. The standard InChI is InChI=1S/C18H16O6S/c1-23-17(21)14-9(3-5-12(19)15(14)18(22)24-2)10-4-6-13-11(16(10)20)7-8-25-13/h3,5,7-8,10,19H,4,6H2,1-2H3. The van der Waals surface area contributed by atoms with Gasteiger partial charge in [0.15, 0.2) is 5.78 Å². The second kappa shape index (κ2) is 6.68. The molecule has 1 heterocycles. The zero-order valence-electron chi connectivity index (χ0n) is 13.7. The van der Waals surface area contributed by atoms with E-state index in [-0.39, 0.29) is 16.9 Å². The Bertz CT molecular complexity index is 866. The van der Waals surface area contributed by atoms with Crippen LogP contribution in [0.4, 0.5) is 0 Å². The highest BCUT2D eigenvalue weighted by atomic mass is 32.1. The van der Waals surface area contributed by atoms with Gasteiger partial charge in [-0.15, -0.1) is 11.3 Å². The Balaban J connectivity index is 2.18. The summed E-state index contributed by atoms with van der Waals surface area (Å²) in [5.74, 6) is -2.74. The third-order valence-electron chi connectivity index (χ3n) is 4.36. The summed E-state index contributed by atoms with van der Waals surface area (Å²) in [5, 5.41) is 11.9. The van der Waals surface area contributed by atoms with E-state index in [1.165, 1.54) is 30.6 Å². The average molecular weight is 360 g/mol. The molecule has 6 nitrogen and oxygen atoms in total. The van der Waals surface area contributed by atoms with Gasteiger partial charge in [-0.05, 0) is 35.9 Å². The first kappa shape index (κ1) is 17.2. The van der Waals surface area contributed by atoms with Crippen LogP contribution < -0.4 is 0 Å². The summed E-state index contributed by atoms with van der Waals surface area (Å²) in [7, 11) is 2.33. The number of carbonyl (C=O) groups excluding carboxylic acids is 3. The van der Waals surface area contributed by atoms with Crippen molar-refractivity contribution in [3.05, 3.63) is 50.7 Å². The van der Waals surface area contributed by atoms with Crippen LogP contribution in [0.15, 0.2) is 23.6 Å². The summed E-state index contributed by atoms with van der Waals surface area (Å²) in [5.41, 5.74) is 0.610. The van der Waals surface area contributed by atoms with Crippen molar-refractivity contribution in [3.63, 3.8) is 0 Å². The Labute approximate surface area is 148 Å². The Hall–Kier alpha value is -2.67. The number of benzene rings is 1. The maximum atomic E-state index is 12.9. The van der Waals surface area contributed by atoms with Gasteiger partial charge in [0, 0.05) is 16.4 Å². The van der Waals surface area contributed by atoms with Crippen LogP contribution in [0.3, 0.4) is 0 Å². The van der Waals surface area contributed by atoms with Crippen LogP contribution in [-0.2, 0) is 15.9 Å². The van der Waals surface area contributed by atoms with Gasteiger partial charge < -0.3 is 14.6 Å². The number of hydrogen-bond acceptors (Lipinski definition) is 7. The minimum Gasteiger partial charge on any atom is -0.507 e. The highest BCUT2D eigenvalue weighted by Gasteiger charge is 2.35. The molecule has 2 aromatic rings. The Morgan fingerprint density at radius 3 is 2.48 bits per heavy atom. The number of phenols is 1. The number of carbonyl (C=O) groups is 3. The van der Waals surface area contributed by atoms with E-state index in [2.05, 4.69) is 4.74 Å². The second-order valence-electron chi connectivity index (χ2n) is 5.62. The number of rotatable bonds is 3. The van der Waals surface area contributed by atoms with E-state index < -0.39 is 23.6 Å². The van der Waals surface area contributed by atoms with Gasteiger partial charge in [0.25, 0.3) is 0 Å². The summed E-state index contributed by atoms with van der Waals surface area (Å²) in [4.78, 5) is 38.3. The molecule has 0 saturated carbocycles. The molecule has 25 heavy (non-hydrogen) atoms. The Morgan fingerprint density at radius 1 is 1.12 bits per heavy atom. The number of aryl methyl sites for hydroxylation is 1. The fourth-order valence-electron chi connectivity index (χ4n) is 3.17. The number of ketones is 1. The molecule has 1 unspecified atom stereocenters. The molecule has 1 aromatic heterocycles. The van der Waals surface area contributed by atoms with Crippen molar-refractivity contribution in [1.82, 2.24) is 0 Å². The van der Waals surface area contributed by atoms with Crippen molar-refractivity contribution in [2.75, 3.05) is 14.2 Å². The van der Waals surface area contributed by atoms with Gasteiger partial charge in [0.05, 0.1) is 19.8 Å². The highest BCUT2D eigenvalue weighted by Crippen LogP contribution is 2.39. The zero-order valence-corrected chi connectivity index (χ0v) is 14.5. The molecule has 1 N–H and O–H groups in total. The summed E-state index contributed by atoms with van der Waals surface area (Å²) in [6.07, 6.45) is 1.22. The van der Waals surface area contributed by atoms with E-state index >= 15 is 0 Å². The van der Waals surface area contributed by atoms with Crippen molar-refractivity contribution in [2.45, 2.75) is 18.8 Å². The number of methoxy groups -OCH3 is 2. The molecular weight excluding hydrogens is 344 g/mol. The first-order valence-corrected chi connectivity index (χ1v) is 8.50. The fraction of sp³-hybridized carbons (Fsp3) is 0.278. The smallest absolute Gasteiger partial charge is 0.342 e. The maximum absolute atomic E-state index is 12.9.